The Labute approximate surface area is 121 Å². The molecule has 0 spiro atoms. The second kappa shape index (κ2) is 7.25. The van der Waals surface area contributed by atoms with Crippen molar-refractivity contribution >= 4 is 11.6 Å². The van der Waals surface area contributed by atoms with E-state index in [2.05, 4.69) is 10.3 Å². The first-order chi connectivity index (χ1) is 10.2. The van der Waals surface area contributed by atoms with E-state index in [0.717, 1.165) is 0 Å². The summed E-state index contributed by atoms with van der Waals surface area (Å²) in [5.41, 5.74) is 0.510. The fraction of sp³-hybridized carbons (Fsp3) is 0.200. The first-order valence-corrected chi connectivity index (χ1v) is 6.41. The number of anilines is 1. The number of carbonyl (C=O) groups is 1. The zero-order valence-electron chi connectivity index (χ0n) is 11.6. The quantitative estimate of drug-likeness (QED) is 0.792. The molecule has 1 heterocycles. The van der Waals surface area contributed by atoms with Crippen LogP contribution >= 0.6 is 0 Å². The molecular weight excluding hydrogens is 272 g/mol. The number of rotatable bonds is 6. The summed E-state index contributed by atoms with van der Waals surface area (Å²) in [6.45, 7) is 0.979. The van der Waals surface area contributed by atoms with Gasteiger partial charge in [-0.1, -0.05) is 6.07 Å². The third-order valence-corrected chi connectivity index (χ3v) is 2.68. The van der Waals surface area contributed by atoms with Gasteiger partial charge in [0.2, 0.25) is 5.56 Å². The fourth-order valence-corrected chi connectivity index (χ4v) is 1.66. The average molecular weight is 288 g/mol. The van der Waals surface area contributed by atoms with Gasteiger partial charge < -0.3 is 19.8 Å². The third kappa shape index (κ3) is 4.47. The first-order valence-electron chi connectivity index (χ1n) is 6.41. The van der Waals surface area contributed by atoms with E-state index >= 15 is 0 Å². The van der Waals surface area contributed by atoms with Crippen LogP contribution in [0.5, 0.6) is 5.75 Å². The largest absolute Gasteiger partial charge is 0.491 e. The van der Waals surface area contributed by atoms with Crippen molar-refractivity contribution in [1.82, 2.24) is 4.98 Å². The molecule has 21 heavy (non-hydrogen) atoms. The monoisotopic (exact) mass is 288 g/mol. The number of amides is 1. The number of methoxy groups -OCH3 is 1. The maximum Gasteiger partial charge on any atom is 0.272 e. The molecule has 0 bridgehead atoms. The Morgan fingerprint density at radius 1 is 1.14 bits per heavy atom. The minimum atomic E-state index is -0.374. The Hall–Kier alpha value is -2.60. The molecule has 0 saturated carbocycles. The van der Waals surface area contributed by atoms with Crippen LogP contribution in [0.15, 0.2) is 47.3 Å². The number of hydrogen-bond donors (Lipinski definition) is 2. The molecule has 0 radical (unpaired) electrons. The molecule has 0 atom stereocenters. The smallest absolute Gasteiger partial charge is 0.272 e. The van der Waals surface area contributed by atoms with Gasteiger partial charge in [0, 0.05) is 18.9 Å². The lowest BCUT2D eigenvalue weighted by atomic mass is 10.3. The minimum Gasteiger partial charge on any atom is -0.491 e. The van der Waals surface area contributed by atoms with E-state index in [1.54, 1.807) is 37.4 Å². The van der Waals surface area contributed by atoms with Crippen molar-refractivity contribution in [2.45, 2.75) is 0 Å². The Bertz CT molecular complexity index is 649. The summed E-state index contributed by atoms with van der Waals surface area (Å²) < 4.78 is 10.3. The van der Waals surface area contributed by atoms with Crippen LogP contribution in [-0.2, 0) is 4.74 Å². The maximum absolute atomic E-state index is 11.9. The molecule has 0 aliphatic carbocycles. The highest BCUT2D eigenvalue weighted by Crippen LogP contribution is 2.16. The molecule has 2 aromatic rings. The van der Waals surface area contributed by atoms with E-state index in [0.29, 0.717) is 24.7 Å². The van der Waals surface area contributed by atoms with Gasteiger partial charge in [-0.15, -0.1) is 0 Å². The molecular formula is C15H16N2O4. The summed E-state index contributed by atoms with van der Waals surface area (Å²) in [5.74, 6) is 0.318. The van der Waals surface area contributed by atoms with Crippen LogP contribution in [0.4, 0.5) is 5.69 Å². The third-order valence-electron chi connectivity index (χ3n) is 2.68. The number of H-pyrrole nitrogens is 1. The van der Waals surface area contributed by atoms with Gasteiger partial charge in [-0.2, -0.15) is 0 Å². The highest BCUT2D eigenvalue weighted by Gasteiger charge is 2.06. The Kier molecular flexibility index (Phi) is 5.11. The molecule has 110 valence electrons. The molecule has 0 aliphatic heterocycles. The Balaban J connectivity index is 1.96. The number of nitrogens with one attached hydrogen (secondary N) is 2. The summed E-state index contributed by atoms with van der Waals surface area (Å²) in [6.07, 6.45) is 0. The van der Waals surface area contributed by atoms with Crippen LogP contribution in [0.25, 0.3) is 0 Å². The van der Waals surface area contributed by atoms with Crippen molar-refractivity contribution < 1.29 is 14.3 Å². The van der Waals surface area contributed by atoms with Gasteiger partial charge in [-0.25, -0.2) is 0 Å². The SMILES string of the molecule is COCCOc1ccc(NC(=O)c2cccc(=O)[nH]2)cc1. The minimum absolute atomic E-state index is 0.211. The lowest BCUT2D eigenvalue weighted by Gasteiger charge is -2.08. The van der Waals surface area contributed by atoms with Gasteiger partial charge in [-0.3, -0.25) is 9.59 Å². The van der Waals surface area contributed by atoms with Crippen LogP contribution in [0.1, 0.15) is 10.5 Å². The van der Waals surface area contributed by atoms with E-state index in [1.807, 2.05) is 0 Å². The number of hydrogen-bond acceptors (Lipinski definition) is 4. The van der Waals surface area contributed by atoms with E-state index in [4.69, 9.17) is 9.47 Å². The predicted octanol–water partition coefficient (Wildman–Crippen LogP) is 1.65. The molecule has 2 N–H and O–H groups in total. The zero-order valence-corrected chi connectivity index (χ0v) is 11.6. The maximum atomic E-state index is 11.9. The van der Waals surface area contributed by atoms with Gasteiger partial charge in [0.25, 0.3) is 5.91 Å². The summed E-state index contributed by atoms with van der Waals surface area (Å²) in [5, 5.41) is 2.69. The van der Waals surface area contributed by atoms with Crippen LogP contribution in [0.2, 0.25) is 0 Å². The molecule has 6 heteroatoms. The average Bonchev–Trinajstić information content (AvgIpc) is 2.49. The molecule has 1 aromatic carbocycles. The number of aromatic amines is 1. The first kappa shape index (κ1) is 14.8. The molecule has 0 fully saturated rings. The summed E-state index contributed by atoms with van der Waals surface area (Å²) in [4.78, 5) is 25.6. The molecule has 1 amide bonds. The van der Waals surface area contributed by atoms with E-state index < -0.39 is 0 Å². The topological polar surface area (TPSA) is 80.4 Å². The standard InChI is InChI=1S/C15H16N2O4/c1-20-9-10-21-12-7-5-11(6-8-12)16-15(19)13-3-2-4-14(18)17-13/h2-8H,9-10H2,1H3,(H,16,19)(H,17,18). The van der Waals surface area contributed by atoms with Crippen LogP contribution in [0.3, 0.4) is 0 Å². The van der Waals surface area contributed by atoms with Gasteiger partial charge in [0.05, 0.1) is 6.61 Å². The Morgan fingerprint density at radius 3 is 2.57 bits per heavy atom. The van der Waals surface area contributed by atoms with E-state index in [-0.39, 0.29) is 17.2 Å². The van der Waals surface area contributed by atoms with Crippen molar-refractivity contribution in [3.63, 3.8) is 0 Å². The van der Waals surface area contributed by atoms with Crippen molar-refractivity contribution in [1.29, 1.82) is 0 Å². The van der Waals surface area contributed by atoms with Crippen molar-refractivity contribution in [2.24, 2.45) is 0 Å². The molecule has 0 aliphatic rings. The summed E-state index contributed by atoms with van der Waals surface area (Å²) in [6, 6.07) is 11.4. The van der Waals surface area contributed by atoms with Gasteiger partial charge in [0.1, 0.15) is 18.1 Å². The van der Waals surface area contributed by atoms with Gasteiger partial charge in [0.15, 0.2) is 0 Å². The van der Waals surface area contributed by atoms with E-state index in [1.165, 1.54) is 12.1 Å². The number of pyridine rings is 1. The molecule has 2 rings (SSSR count). The summed E-state index contributed by atoms with van der Waals surface area (Å²) >= 11 is 0. The highest BCUT2D eigenvalue weighted by molar-refractivity contribution is 6.02. The molecule has 1 aromatic heterocycles. The highest BCUT2D eigenvalue weighted by atomic mass is 16.5. The Morgan fingerprint density at radius 2 is 1.90 bits per heavy atom. The lowest BCUT2D eigenvalue weighted by Crippen LogP contribution is -2.17. The number of benzene rings is 1. The van der Waals surface area contributed by atoms with Crippen molar-refractivity contribution in [2.75, 3.05) is 25.6 Å². The van der Waals surface area contributed by atoms with Crippen LogP contribution in [-0.4, -0.2) is 31.2 Å². The predicted molar refractivity (Wildman–Crippen MR) is 78.8 cm³/mol. The van der Waals surface area contributed by atoms with Gasteiger partial charge in [-0.05, 0) is 30.3 Å². The zero-order chi connectivity index (χ0) is 15.1. The molecule has 6 nitrogen and oxygen atoms in total. The second-order valence-electron chi connectivity index (χ2n) is 4.25. The van der Waals surface area contributed by atoms with Crippen molar-refractivity contribution in [3.05, 3.63) is 58.5 Å². The van der Waals surface area contributed by atoms with Crippen LogP contribution < -0.4 is 15.6 Å². The summed E-state index contributed by atoms with van der Waals surface area (Å²) in [7, 11) is 1.61. The van der Waals surface area contributed by atoms with Gasteiger partial charge >= 0.3 is 0 Å². The lowest BCUT2D eigenvalue weighted by molar-refractivity contribution is 0.102. The number of ether oxygens (including phenoxy) is 2. The second-order valence-corrected chi connectivity index (χ2v) is 4.25. The van der Waals surface area contributed by atoms with Crippen LogP contribution in [0, 0.1) is 0 Å². The molecule has 0 saturated heterocycles. The van der Waals surface area contributed by atoms with Crippen molar-refractivity contribution in [3.8, 4) is 5.75 Å². The normalized spacial score (nSPS) is 10.1. The number of aromatic nitrogens is 1. The molecule has 0 unspecified atom stereocenters. The van der Waals surface area contributed by atoms with E-state index in [9.17, 15) is 9.59 Å². The fourth-order valence-electron chi connectivity index (χ4n) is 1.66. The number of carbonyl (C=O) groups excluding carboxylic acids is 1.